The zero-order valence-electron chi connectivity index (χ0n) is 14.3. The Morgan fingerprint density at radius 2 is 2.12 bits per heavy atom. The molecule has 0 radical (unpaired) electrons. The molecule has 132 valence electrons. The van der Waals surface area contributed by atoms with Crippen LogP contribution in [0.2, 0.25) is 0 Å². The summed E-state index contributed by atoms with van der Waals surface area (Å²) >= 11 is 0. The van der Waals surface area contributed by atoms with Gasteiger partial charge in [0.1, 0.15) is 17.5 Å². The van der Waals surface area contributed by atoms with Crippen LogP contribution < -0.4 is 14.8 Å². The molecule has 0 spiro atoms. The molecule has 0 bridgehead atoms. The highest BCUT2D eigenvalue weighted by atomic mass is 16.5. The summed E-state index contributed by atoms with van der Waals surface area (Å²) in [5.41, 5.74) is 0.932. The zero-order valence-corrected chi connectivity index (χ0v) is 14.3. The molecule has 24 heavy (non-hydrogen) atoms. The van der Waals surface area contributed by atoms with Crippen LogP contribution in [0, 0.1) is 0 Å². The summed E-state index contributed by atoms with van der Waals surface area (Å²) in [6.07, 6.45) is 0.0398. The number of methoxy groups -OCH3 is 2. The number of ether oxygens (including phenoxy) is 3. The minimum absolute atomic E-state index is 0.0398. The minimum atomic E-state index is -0.537. The van der Waals surface area contributed by atoms with E-state index < -0.39 is 6.04 Å². The maximum atomic E-state index is 12.2. The largest absolute Gasteiger partial charge is 0.497 e. The Bertz CT molecular complexity index is 590. The van der Waals surface area contributed by atoms with Crippen molar-refractivity contribution in [1.29, 1.82) is 0 Å². The monoisotopic (exact) mass is 336 g/mol. The van der Waals surface area contributed by atoms with E-state index in [1.807, 2.05) is 17.0 Å². The molecule has 7 heteroatoms. The van der Waals surface area contributed by atoms with Crippen LogP contribution >= 0.6 is 0 Å². The van der Waals surface area contributed by atoms with Gasteiger partial charge in [-0.1, -0.05) is 6.07 Å². The van der Waals surface area contributed by atoms with Crippen LogP contribution in [0.25, 0.3) is 0 Å². The summed E-state index contributed by atoms with van der Waals surface area (Å²) < 4.78 is 15.6. The van der Waals surface area contributed by atoms with Crippen LogP contribution in [-0.2, 0) is 20.9 Å². The van der Waals surface area contributed by atoms with Gasteiger partial charge in [0.25, 0.3) is 0 Å². The van der Waals surface area contributed by atoms with Crippen molar-refractivity contribution in [3.63, 3.8) is 0 Å². The van der Waals surface area contributed by atoms with Gasteiger partial charge < -0.3 is 19.5 Å². The van der Waals surface area contributed by atoms with Gasteiger partial charge in [0, 0.05) is 31.3 Å². The number of nitrogens with zero attached hydrogens (tertiary/aromatic N) is 1. The smallest absolute Gasteiger partial charge is 0.307 e. The number of hydrogen-bond donors (Lipinski definition) is 1. The molecule has 1 N–H and O–H groups in total. The molecule has 1 aromatic carbocycles. The summed E-state index contributed by atoms with van der Waals surface area (Å²) in [6.45, 7) is 3.77. The number of piperazine rings is 1. The number of esters is 1. The van der Waals surface area contributed by atoms with Gasteiger partial charge in [-0.15, -0.1) is 0 Å². The summed E-state index contributed by atoms with van der Waals surface area (Å²) in [5.74, 6) is 0.873. The Kier molecular flexibility index (Phi) is 6.43. The van der Waals surface area contributed by atoms with Gasteiger partial charge in [-0.05, 0) is 13.0 Å². The molecule has 1 atom stereocenters. The Labute approximate surface area is 141 Å². The molecule has 1 aliphatic heterocycles. The summed E-state index contributed by atoms with van der Waals surface area (Å²) in [6, 6.07) is 5.03. The molecule has 2 rings (SSSR count). The Morgan fingerprint density at radius 1 is 1.33 bits per heavy atom. The third-order valence-corrected chi connectivity index (χ3v) is 3.97. The number of carbonyl (C=O) groups excluding carboxylic acids is 2. The molecule has 1 heterocycles. The standard InChI is InChI=1S/C17H24N2O5/c1-4-24-16(20)10-14-17(21)18-7-8-19(14)11-12-5-6-13(22-2)9-15(12)23-3/h5-6,9,14H,4,7-8,10-11H2,1-3H3,(H,18,21)/t14-/m0/s1. The third-order valence-electron chi connectivity index (χ3n) is 3.97. The van der Waals surface area contributed by atoms with E-state index in [0.717, 1.165) is 5.56 Å². The van der Waals surface area contributed by atoms with Gasteiger partial charge in [0.15, 0.2) is 0 Å². The van der Waals surface area contributed by atoms with Gasteiger partial charge in [-0.25, -0.2) is 0 Å². The third kappa shape index (κ3) is 4.38. The van der Waals surface area contributed by atoms with Crippen molar-refractivity contribution < 1.29 is 23.8 Å². The molecule has 1 amide bonds. The number of amides is 1. The van der Waals surface area contributed by atoms with Gasteiger partial charge >= 0.3 is 5.97 Å². The second-order valence-electron chi connectivity index (χ2n) is 5.46. The fraction of sp³-hybridized carbons (Fsp3) is 0.529. The number of rotatable bonds is 7. The summed E-state index contributed by atoms with van der Waals surface area (Å²) in [7, 11) is 3.19. The molecule has 1 fully saturated rings. The quantitative estimate of drug-likeness (QED) is 0.747. The van der Waals surface area contributed by atoms with Crippen LogP contribution in [0.5, 0.6) is 11.5 Å². The number of benzene rings is 1. The molecule has 0 aromatic heterocycles. The molecule has 1 aliphatic rings. The zero-order chi connectivity index (χ0) is 17.5. The molecule has 0 aliphatic carbocycles. The molecule has 0 unspecified atom stereocenters. The van der Waals surface area contributed by atoms with Gasteiger partial charge in [0.05, 0.1) is 27.2 Å². The predicted molar refractivity (Wildman–Crippen MR) is 88.0 cm³/mol. The minimum Gasteiger partial charge on any atom is -0.497 e. The average molecular weight is 336 g/mol. The SMILES string of the molecule is CCOC(=O)C[C@H]1C(=O)NCCN1Cc1ccc(OC)cc1OC. The second-order valence-corrected chi connectivity index (χ2v) is 5.46. The first-order valence-electron chi connectivity index (χ1n) is 7.97. The number of carbonyl (C=O) groups is 2. The van der Waals surface area contributed by atoms with E-state index >= 15 is 0 Å². The normalized spacial score (nSPS) is 18.0. The lowest BCUT2D eigenvalue weighted by molar-refractivity contribution is -0.148. The second kappa shape index (κ2) is 8.54. The maximum Gasteiger partial charge on any atom is 0.307 e. The first-order valence-corrected chi connectivity index (χ1v) is 7.97. The number of nitrogens with one attached hydrogen (secondary N) is 1. The van der Waals surface area contributed by atoms with Crippen molar-refractivity contribution in [3.8, 4) is 11.5 Å². The first-order chi connectivity index (χ1) is 11.6. The first kappa shape index (κ1) is 18.1. The Hall–Kier alpha value is -2.28. The van der Waals surface area contributed by atoms with E-state index in [1.165, 1.54) is 0 Å². The van der Waals surface area contributed by atoms with Crippen molar-refractivity contribution in [2.45, 2.75) is 25.9 Å². The van der Waals surface area contributed by atoms with Crippen LogP contribution in [0.4, 0.5) is 0 Å². The van der Waals surface area contributed by atoms with Crippen LogP contribution in [0.15, 0.2) is 18.2 Å². The Morgan fingerprint density at radius 3 is 2.79 bits per heavy atom. The van der Waals surface area contributed by atoms with Crippen molar-refractivity contribution in [3.05, 3.63) is 23.8 Å². The molecule has 1 aromatic rings. The van der Waals surface area contributed by atoms with E-state index in [0.29, 0.717) is 37.7 Å². The molecular formula is C17H24N2O5. The fourth-order valence-electron chi connectivity index (χ4n) is 2.75. The van der Waals surface area contributed by atoms with E-state index in [1.54, 1.807) is 27.2 Å². The van der Waals surface area contributed by atoms with E-state index in [-0.39, 0.29) is 18.3 Å². The highest BCUT2D eigenvalue weighted by Gasteiger charge is 2.32. The molecular weight excluding hydrogens is 312 g/mol. The van der Waals surface area contributed by atoms with Gasteiger partial charge in [0.2, 0.25) is 5.91 Å². The lowest BCUT2D eigenvalue weighted by Crippen LogP contribution is -2.55. The van der Waals surface area contributed by atoms with Gasteiger partial charge in [-0.2, -0.15) is 0 Å². The van der Waals surface area contributed by atoms with Gasteiger partial charge in [-0.3, -0.25) is 14.5 Å². The topological polar surface area (TPSA) is 77.1 Å². The van der Waals surface area contributed by atoms with Crippen LogP contribution in [0.1, 0.15) is 18.9 Å². The highest BCUT2D eigenvalue weighted by molar-refractivity contribution is 5.87. The predicted octanol–water partition coefficient (Wildman–Crippen LogP) is 0.957. The lowest BCUT2D eigenvalue weighted by Gasteiger charge is -2.34. The summed E-state index contributed by atoms with van der Waals surface area (Å²) in [5, 5.41) is 2.80. The Balaban J connectivity index is 2.15. The van der Waals surface area contributed by atoms with Crippen molar-refractivity contribution in [2.75, 3.05) is 33.9 Å². The highest BCUT2D eigenvalue weighted by Crippen LogP contribution is 2.27. The maximum absolute atomic E-state index is 12.2. The number of hydrogen-bond acceptors (Lipinski definition) is 6. The molecule has 1 saturated heterocycles. The van der Waals surface area contributed by atoms with E-state index in [2.05, 4.69) is 5.32 Å². The molecule has 7 nitrogen and oxygen atoms in total. The summed E-state index contributed by atoms with van der Waals surface area (Å²) in [4.78, 5) is 25.9. The van der Waals surface area contributed by atoms with Crippen molar-refractivity contribution in [1.82, 2.24) is 10.2 Å². The fourth-order valence-corrected chi connectivity index (χ4v) is 2.75. The van der Waals surface area contributed by atoms with Crippen molar-refractivity contribution in [2.24, 2.45) is 0 Å². The van der Waals surface area contributed by atoms with E-state index in [4.69, 9.17) is 14.2 Å². The van der Waals surface area contributed by atoms with Crippen LogP contribution in [-0.4, -0.2) is 56.7 Å². The van der Waals surface area contributed by atoms with E-state index in [9.17, 15) is 9.59 Å². The average Bonchev–Trinajstić information content (AvgIpc) is 2.58. The van der Waals surface area contributed by atoms with Crippen molar-refractivity contribution >= 4 is 11.9 Å². The van der Waals surface area contributed by atoms with Crippen LogP contribution in [0.3, 0.4) is 0 Å². The molecule has 0 saturated carbocycles. The lowest BCUT2D eigenvalue weighted by atomic mass is 10.1.